The minimum atomic E-state index is -0.248. The van der Waals surface area contributed by atoms with Crippen molar-refractivity contribution in [3.05, 3.63) is 34.9 Å². The topological polar surface area (TPSA) is 42.9 Å². The van der Waals surface area contributed by atoms with Crippen LogP contribution in [0.3, 0.4) is 0 Å². The summed E-state index contributed by atoms with van der Waals surface area (Å²) < 4.78 is 4.68. The number of esters is 1. The number of methoxy groups -OCH3 is 1. The average Bonchev–Trinajstić information content (AvgIpc) is 2.27. The largest absolute Gasteiger partial charge is 0.465 e. The lowest BCUT2D eigenvalue weighted by Crippen LogP contribution is -2.84. The second-order valence-corrected chi connectivity index (χ2v) is 3.51. The number of ether oxygens (including phenoxy) is 1. The fourth-order valence-electron chi connectivity index (χ4n) is 1.82. The van der Waals surface area contributed by atoms with Crippen LogP contribution in [0.15, 0.2) is 18.2 Å². The van der Waals surface area contributed by atoms with Crippen LogP contribution < -0.4 is 5.32 Å². The number of carbonyl (C=O) groups excluding carboxylic acids is 1. The molecule has 3 nitrogen and oxygen atoms in total. The van der Waals surface area contributed by atoms with Gasteiger partial charge in [-0.05, 0) is 17.7 Å². The Balaban J connectivity index is 2.33. The first-order valence-corrected chi connectivity index (χ1v) is 4.83. The van der Waals surface area contributed by atoms with Gasteiger partial charge in [-0.25, -0.2) is 4.79 Å². The molecular formula is C11H14NO2+. The Hall–Kier alpha value is -1.35. The summed E-state index contributed by atoms with van der Waals surface area (Å²) in [5.41, 5.74) is 3.28. The fourth-order valence-corrected chi connectivity index (χ4v) is 1.82. The lowest BCUT2D eigenvalue weighted by molar-refractivity contribution is -0.673. The first-order valence-electron chi connectivity index (χ1n) is 4.83. The van der Waals surface area contributed by atoms with Crippen molar-refractivity contribution in [1.29, 1.82) is 0 Å². The Labute approximate surface area is 83.1 Å². The molecule has 0 aliphatic carbocycles. The smallest absolute Gasteiger partial charge is 0.337 e. The molecule has 14 heavy (non-hydrogen) atoms. The van der Waals surface area contributed by atoms with Crippen LogP contribution >= 0.6 is 0 Å². The molecule has 3 heteroatoms. The van der Waals surface area contributed by atoms with E-state index in [9.17, 15) is 4.79 Å². The van der Waals surface area contributed by atoms with Gasteiger partial charge in [-0.3, -0.25) is 0 Å². The van der Waals surface area contributed by atoms with Crippen LogP contribution in [0.25, 0.3) is 0 Å². The summed E-state index contributed by atoms with van der Waals surface area (Å²) in [5.74, 6) is -0.248. The molecule has 1 aromatic carbocycles. The number of rotatable bonds is 1. The third-order valence-corrected chi connectivity index (χ3v) is 2.61. The molecule has 1 heterocycles. The molecule has 0 spiro atoms. The van der Waals surface area contributed by atoms with E-state index in [0.717, 1.165) is 19.5 Å². The lowest BCUT2D eigenvalue weighted by atomic mass is 9.98. The van der Waals surface area contributed by atoms with Gasteiger partial charge in [-0.1, -0.05) is 6.07 Å². The third kappa shape index (κ3) is 1.63. The first-order chi connectivity index (χ1) is 6.81. The molecule has 0 fully saturated rings. The molecule has 1 aliphatic heterocycles. The molecule has 74 valence electrons. The summed E-state index contributed by atoms with van der Waals surface area (Å²) in [6.45, 7) is 2.13. The van der Waals surface area contributed by atoms with Crippen molar-refractivity contribution in [1.82, 2.24) is 0 Å². The van der Waals surface area contributed by atoms with Crippen molar-refractivity contribution in [2.45, 2.75) is 13.0 Å². The van der Waals surface area contributed by atoms with Crippen molar-refractivity contribution in [3.63, 3.8) is 0 Å². The Morgan fingerprint density at radius 1 is 1.43 bits per heavy atom. The van der Waals surface area contributed by atoms with Gasteiger partial charge >= 0.3 is 5.97 Å². The lowest BCUT2D eigenvalue weighted by Gasteiger charge is -2.14. The highest BCUT2D eigenvalue weighted by molar-refractivity contribution is 5.89. The molecule has 0 aromatic heterocycles. The van der Waals surface area contributed by atoms with Gasteiger partial charge in [0.1, 0.15) is 6.54 Å². The van der Waals surface area contributed by atoms with Crippen LogP contribution in [0.4, 0.5) is 0 Å². The number of quaternary nitrogens is 1. The number of hydrogen-bond acceptors (Lipinski definition) is 2. The van der Waals surface area contributed by atoms with Crippen LogP contribution in [0.1, 0.15) is 21.5 Å². The van der Waals surface area contributed by atoms with Gasteiger partial charge in [0.15, 0.2) is 0 Å². The molecule has 1 aliphatic rings. The zero-order valence-electron chi connectivity index (χ0n) is 8.25. The SMILES string of the molecule is COC(=O)c1ccc2c(c1)CC[NH2+]C2. The minimum Gasteiger partial charge on any atom is -0.465 e. The van der Waals surface area contributed by atoms with Crippen molar-refractivity contribution in [2.24, 2.45) is 0 Å². The number of fused-ring (bicyclic) bond motifs is 1. The van der Waals surface area contributed by atoms with E-state index in [0.29, 0.717) is 5.56 Å². The highest BCUT2D eigenvalue weighted by Gasteiger charge is 2.14. The van der Waals surface area contributed by atoms with Gasteiger partial charge in [-0.2, -0.15) is 0 Å². The first kappa shape index (κ1) is 9.21. The summed E-state index contributed by atoms with van der Waals surface area (Å²) in [6.07, 6.45) is 1.04. The normalized spacial score (nSPS) is 14.6. The molecule has 1 aromatic rings. The maximum atomic E-state index is 11.3. The predicted molar refractivity (Wildman–Crippen MR) is 52.0 cm³/mol. The van der Waals surface area contributed by atoms with E-state index in [2.05, 4.69) is 10.1 Å². The Morgan fingerprint density at radius 3 is 3.07 bits per heavy atom. The summed E-state index contributed by atoms with van der Waals surface area (Å²) in [7, 11) is 1.41. The number of benzene rings is 1. The Kier molecular flexibility index (Phi) is 2.50. The molecule has 2 rings (SSSR count). The van der Waals surface area contributed by atoms with E-state index < -0.39 is 0 Å². The van der Waals surface area contributed by atoms with Crippen LogP contribution in [0.2, 0.25) is 0 Å². The zero-order chi connectivity index (χ0) is 9.97. The van der Waals surface area contributed by atoms with Gasteiger partial charge < -0.3 is 10.1 Å². The summed E-state index contributed by atoms with van der Waals surface area (Å²) in [6, 6.07) is 5.81. The molecule has 0 atom stereocenters. The van der Waals surface area contributed by atoms with Crippen LogP contribution in [-0.4, -0.2) is 19.6 Å². The average molecular weight is 192 g/mol. The zero-order valence-corrected chi connectivity index (χ0v) is 8.25. The van der Waals surface area contributed by atoms with Crippen molar-refractivity contribution in [2.75, 3.05) is 13.7 Å². The molecular weight excluding hydrogens is 178 g/mol. The fraction of sp³-hybridized carbons (Fsp3) is 0.364. The van der Waals surface area contributed by atoms with E-state index in [1.807, 2.05) is 18.2 Å². The van der Waals surface area contributed by atoms with Crippen LogP contribution in [0, 0.1) is 0 Å². The summed E-state index contributed by atoms with van der Waals surface area (Å²) >= 11 is 0. The van der Waals surface area contributed by atoms with E-state index in [1.54, 1.807) is 0 Å². The quantitative estimate of drug-likeness (QED) is 0.641. The second kappa shape index (κ2) is 3.80. The number of hydrogen-bond donors (Lipinski definition) is 1. The Morgan fingerprint density at radius 2 is 2.29 bits per heavy atom. The third-order valence-electron chi connectivity index (χ3n) is 2.61. The van der Waals surface area contributed by atoms with Crippen LogP contribution in [-0.2, 0) is 17.7 Å². The second-order valence-electron chi connectivity index (χ2n) is 3.51. The minimum absolute atomic E-state index is 0.248. The summed E-state index contributed by atoms with van der Waals surface area (Å²) in [4.78, 5) is 11.3. The highest BCUT2D eigenvalue weighted by atomic mass is 16.5. The van der Waals surface area contributed by atoms with Crippen molar-refractivity contribution < 1.29 is 14.8 Å². The van der Waals surface area contributed by atoms with E-state index in [4.69, 9.17) is 0 Å². The standard InChI is InChI=1S/C11H13NO2/c1-14-11(13)9-2-3-10-7-12-5-4-8(10)6-9/h2-3,6,12H,4-5,7H2,1H3/p+1. The monoisotopic (exact) mass is 192 g/mol. The van der Waals surface area contributed by atoms with Gasteiger partial charge in [0.05, 0.1) is 19.2 Å². The van der Waals surface area contributed by atoms with Gasteiger partial charge in [0.25, 0.3) is 0 Å². The predicted octanol–water partition coefficient (Wildman–Crippen LogP) is 0.0927. The molecule has 0 radical (unpaired) electrons. The van der Waals surface area contributed by atoms with Crippen molar-refractivity contribution in [3.8, 4) is 0 Å². The van der Waals surface area contributed by atoms with Gasteiger partial charge in [-0.15, -0.1) is 0 Å². The maximum Gasteiger partial charge on any atom is 0.337 e. The maximum absolute atomic E-state index is 11.3. The van der Waals surface area contributed by atoms with Crippen molar-refractivity contribution >= 4 is 5.97 Å². The number of nitrogens with two attached hydrogens (primary N) is 1. The summed E-state index contributed by atoms with van der Waals surface area (Å²) in [5, 5.41) is 2.28. The van der Waals surface area contributed by atoms with Gasteiger partial charge in [0.2, 0.25) is 0 Å². The van der Waals surface area contributed by atoms with Crippen LogP contribution in [0.5, 0.6) is 0 Å². The molecule has 0 amide bonds. The molecule has 0 saturated carbocycles. The number of carbonyl (C=O) groups is 1. The molecule has 0 unspecified atom stereocenters. The molecule has 0 bridgehead atoms. The van der Waals surface area contributed by atoms with E-state index in [1.165, 1.54) is 18.2 Å². The van der Waals surface area contributed by atoms with Gasteiger partial charge in [0, 0.05) is 12.0 Å². The molecule has 2 N–H and O–H groups in total. The molecule has 0 saturated heterocycles. The van der Waals surface area contributed by atoms with E-state index in [-0.39, 0.29) is 5.97 Å². The highest BCUT2D eigenvalue weighted by Crippen LogP contribution is 2.14. The van der Waals surface area contributed by atoms with E-state index >= 15 is 0 Å². The Bertz CT molecular complexity index is 360.